The van der Waals surface area contributed by atoms with Gasteiger partial charge in [0.15, 0.2) is 11.5 Å². The first-order chi connectivity index (χ1) is 17.4. The van der Waals surface area contributed by atoms with Crippen LogP contribution in [0.3, 0.4) is 0 Å². The third-order valence-corrected chi connectivity index (χ3v) is 6.11. The quantitative estimate of drug-likeness (QED) is 0.368. The van der Waals surface area contributed by atoms with Gasteiger partial charge in [0.05, 0.1) is 20.3 Å². The zero-order chi connectivity index (χ0) is 26.5. The van der Waals surface area contributed by atoms with Crippen LogP contribution in [-0.2, 0) is 22.6 Å². The van der Waals surface area contributed by atoms with E-state index in [-0.39, 0.29) is 24.3 Å². The van der Waals surface area contributed by atoms with Crippen LogP contribution in [0, 0.1) is 0 Å². The molecule has 0 spiro atoms. The van der Waals surface area contributed by atoms with Gasteiger partial charge in [-0.25, -0.2) is 0 Å². The molecule has 2 amide bonds. The summed E-state index contributed by atoms with van der Waals surface area (Å²) in [6.07, 6.45) is 2.15. The molecule has 1 N–H and O–H groups in total. The van der Waals surface area contributed by atoms with E-state index in [1.807, 2.05) is 77.1 Å². The van der Waals surface area contributed by atoms with E-state index in [0.717, 1.165) is 23.3 Å². The second kappa shape index (κ2) is 15.0. The number of rotatable bonds is 15. The van der Waals surface area contributed by atoms with Gasteiger partial charge in [-0.3, -0.25) is 9.59 Å². The number of carbonyl (C=O) groups excluding carboxylic acids is 2. The molecule has 0 aliphatic heterocycles. The average Bonchev–Trinajstić information content (AvgIpc) is 2.88. The fourth-order valence-corrected chi connectivity index (χ4v) is 3.97. The van der Waals surface area contributed by atoms with E-state index in [9.17, 15) is 9.59 Å². The number of benzene rings is 2. The van der Waals surface area contributed by atoms with Crippen LogP contribution in [0.2, 0.25) is 0 Å². The number of amides is 2. The van der Waals surface area contributed by atoms with Crippen molar-refractivity contribution in [2.24, 2.45) is 0 Å². The van der Waals surface area contributed by atoms with Crippen LogP contribution in [0.4, 0.5) is 0 Å². The SMILES string of the molecule is CCOc1ccc(CCC(=O)N(Cc2cccc(OC)c2)[C@H](CC)C(=O)N[C@@H](C)CC)cc1OCC. The number of nitrogens with zero attached hydrogens (tertiary/aromatic N) is 1. The summed E-state index contributed by atoms with van der Waals surface area (Å²) in [5.41, 5.74) is 1.89. The molecule has 2 aromatic rings. The highest BCUT2D eigenvalue weighted by atomic mass is 16.5. The van der Waals surface area contributed by atoms with Gasteiger partial charge in [0.1, 0.15) is 11.8 Å². The Morgan fingerprint density at radius 3 is 2.28 bits per heavy atom. The average molecular weight is 499 g/mol. The summed E-state index contributed by atoms with van der Waals surface area (Å²) < 4.78 is 16.7. The number of hydrogen-bond donors (Lipinski definition) is 1. The van der Waals surface area contributed by atoms with Gasteiger partial charge >= 0.3 is 0 Å². The highest BCUT2D eigenvalue weighted by molar-refractivity contribution is 5.88. The molecule has 2 rings (SSSR count). The molecule has 0 bridgehead atoms. The molecule has 2 aromatic carbocycles. The molecule has 0 aliphatic rings. The largest absolute Gasteiger partial charge is 0.497 e. The van der Waals surface area contributed by atoms with Crippen LogP contribution in [0.5, 0.6) is 17.2 Å². The fraction of sp³-hybridized carbons (Fsp3) is 0.517. The van der Waals surface area contributed by atoms with Crippen molar-refractivity contribution in [1.82, 2.24) is 10.2 Å². The second-order valence-corrected chi connectivity index (χ2v) is 8.76. The zero-order valence-electron chi connectivity index (χ0n) is 22.6. The van der Waals surface area contributed by atoms with Crippen molar-refractivity contribution in [3.8, 4) is 17.2 Å². The molecule has 7 nitrogen and oxygen atoms in total. The lowest BCUT2D eigenvalue weighted by Crippen LogP contribution is -2.50. The highest BCUT2D eigenvalue weighted by Gasteiger charge is 2.29. The number of nitrogens with one attached hydrogen (secondary N) is 1. The van der Waals surface area contributed by atoms with Crippen LogP contribution in [0.15, 0.2) is 42.5 Å². The summed E-state index contributed by atoms with van der Waals surface area (Å²) >= 11 is 0. The van der Waals surface area contributed by atoms with E-state index in [1.54, 1.807) is 12.0 Å². The van der Waals surface area contributed by atoms with Crippen LogP contribution in [-0.4, -0.2) is 49.1 Å². The molecule has 0 saturated carbocycles. The normalized spacial score (nSPS) is 12.4. The highest BCUT2D eigenvalue weighted by Crippen LogP contribution is 2.29. The first-order valence-electron chi connectivity index (χ1n) is 13.0. The molecule has 2 atom stereocenters. The van der Waals surface area contributed by atoms with Crippen molar-refractivity contribution in [3.05, 3.63) is 53.6 Å². The number of carbonyl (C=O) groups is 2. The van der Waals surface area contributed by atoms with Gasteiger partial charge in [0.2, 0.25) is 11.8 Å². The van der Waals surface area contributed by atoms with Crippen molar-refractivity contribution < 1.29 is 23.8 Å². The molecular weight excluding hydrogens is 456 g/mol. The minimum absolute atomic E-state index is 0.0427. The van der Waals surface area contributed by atoms with E-state index in [2.05, 4.69) is 5.32 Å². The van der Waals surface area contributed by atoms with Gasteiger partial charge in [-0.15, -0.1) is 0 Å². The lowest BCUT2D eigenvalue weighted by atomic mass is 10.0. The standard InChI is InChI=1S/C29H42N2O5/c1-7-21(5)30-29(33)25(8-2)31(20-23-12-11-13-24(18-23)34-6)28(32)17-15-22-14-16-26(35-9-3)27(19-22)36-10-4/h11-14,16,18-19,21,25H,7-10,15,17,20H2,1-6H3,(H,30,33)/t21-,25+/m0/s1. The predicted octanol–water partition coefficient (Wildman–Crippen LogP) is 5.15. The van der Waals surface area contributed by atoms with E-state index in [4.69, 9.17) is 14.2 Å². The summed E-state index contributed by atoms with van der Waals surface area (Å²) in [6, 6.07) is 12.9. The van der Waals surface area contributed by atoms with E-state index < -0.39 is 6.04 Å². The summed E-state index contributed by atoms with van der Waals surface area (Å²) in [6.45, 7) is 11.2. The van der Waals surface area contributed by atoms with Crippen LogP contribution < -0.4 is 19.5 Å². The molecule has 0 aromatic heterocycles. The third-order valence-electron chi connectivity index (χ3n) is 6.11. The molecule has 0 unspecified atom stereocenters. The first kappa shape index (κ1) is 29.0. The van der Waals surface area contributed by atoms with Gasteiger partial charge in [-0.2, -0.15) is 0 Å². The van der Waals surface area contributed by atoms with Gasteiger partial charge in [0.25, 0.3) is 0 Å². The first-order valence-corrected chi connectivity index (χ1v) is 13.0. The van der Waals surface area contributed by atoms with Crippen molar-refractivity contribution in [1.29, 1.82) is 0 Å². The van der Waals surface area contributed by atoms with E-state index in [1.165, 1.54) is 0 Å². The van der Waals surface area contributed by atoms with Crippen molar-refractivity contribution >= 4 is 11.8 Å². The van der Waals surface area contributed by atoms with E-state index >= 15 is 0 Å². The summed E-state index contributed by atoms with van der Waals surface area (Å²) in [7, 11) is 1.61. The zero-order valence-corrected chi connectivity index (χ0v) is 22.6. The van der Waals surface area contributed by atoms with E-state index in [0.29, 0.717) is 44.1 Å². The summed E-state index contributed by atoms with van der Waals surface area (Å²) in [4.78, 5) is 28.4. The molecule has 0 heterocycles. The maximum Gasteiger partial charge on any atom is 0.243 e. The Morgan fingerprint density at radius 1 is 0.917 bits per heavy atom. The van der Waals surface area contributed by atoms with Crippen molar-refractivity contribution in [2.45, 2.75) is 78.9 Å². The number of ether oxygens (including phenoxy) is 3. The Morgan fingerprint density at radius 2 is 1.64 bits per heavy atom. The molecule has 0 aliphatic carbocycles. The van der Waals surface area contributed by atoms with Crippen LogP contribution in [0.25, 0.3) is 0 Å². The molecule has 0 radical (unpaired) electrons. The second-order valence-electron chi connectivity index (χ2n) is 8.76. The van der Waals surface area contributed by atoms with Crippen molar-refractivity contribution in [2.75, 3.05) is 20.3 Å². The monoisotopic (exact) mass is 498 g/mol. The third kappa shape index (κ3) is 8.47. The van der Waals surface area contributed by atoms with Gasteiger partial charge < -0.3 is 24.4 Å². The molecule has 0 fully saturated rings. The van der Waals surface area contributed by atoms with Crippen LogP contribution >= 0.6 is 0 Å². The Balaban J connectivity index is 2.26. The Labute approximate surface area is 216 Å². The number of aryl methyl sites for hydroxylation is 1. The molecule has 198 valence electrons. The lowest BCUT2D eigenvalue weighted by molar-refractivity contribution is -0.141. The molecule has 7 heteroatoms. The molecule has 0 saturated heterocycles. The topological polar surface area (TPSA) is 77.1 Å². The fourth-order valence-electron chi connectivity index (χ4n) is 3.97. The number of hydrogen-bond acceptors (Lipinski definition) is 5. The van der Waals surface area contributed by atoms with Crippen LogP contribution in [0.1, 0.15) is 65.0 Å². The Bertz CT molecular complexity index is 978. The minimum atomic E-state index is -0.558. The van der Waals surface area contributed by atoms with Gasteiger partial charge in [-0.05, 0) is 75.4 Å². The molecular formula is C29H42N2O5. The number of methoxy groups -OCH3 is 1. The van der Waals surface area contributed by atoms with Gasteiger partial charge in [-0.1, -0.05) is 32.0 Å². The predicted molar refractivity (Wildman–Crippen MR) is 143 cm³/mol. The summed E-state index contributed by atoms with van der Waals surface area (Å²) in [5, 5.41) is 3.05. The summed E-state index contributed by atoms with van der Waals surface area (Å²) in [5.74, 6) is 1.90. The maximum atomic E-state index is 13.6. The molecule has 36 heavy (non-hydrogen) atoms. The lowest BCUT2D eigenvalue weighted by Gasteiger charge is -2.31. The van der Waals surface area contributed by atoms with Gasteiger partial charge in [0, 0.05) is 19.0 Å². The minimum Gasteiger partial charge on any atom is -0.497 e. The Hall–Kier alpha value is -3.22. The van der Waals surface area contributed by atoms with Crippen molar-refractivity contribution in [3.63, 3.8) is 0 Å². The Kier molecular flexibility index (Phi) is 12.1. The maximum absolute atomic E-state index is 13.6. The smallest absolute Gasteiger partial charge is 0.243 e.